The number of likely N-dealkylation sites (tertiary alicyclic amines) is 2. The molecule has 0 aromatic rings. The minimum absolute atomic E-state index is 0.0155. The highest BCUT2D eigenvalue weighted by atomic mass is 16.2. The summed E-state index contributed by atoms with van der Waals surface area (Å²) in [5.74, 6) is -1.01. The smallest absolute Gasteiger partial charge is 0.315 e. The lowest BCUT2D eigenvalue weighted by Crippen LogP contribution is -2.62. The second kappa shape index (κ2) is 16.3. The topological polar surface area (TPSA) is 174 Å². The van der Waals surface area contributed by atoms with E-state index in [1.54, 1.807) is 20.8 Å². The molecule has 2 rings (SSSR count). The Hall–Kier alpha value is -4.21. The summed E-state index contributed by atoms with van der Waals surface area (Å²) in [6.07, 6.45) is 8.23. The molecule has 0 radical (unpaired) electrons. The number of imide groups is 1. The fourth-order valence-corrected chi connectivity index (χ4v) is 5.76. The first-order chi connectivity index (χ1) is 22.1. The molecule has 0 bridgehead atoms. The zero-order valence-electron chi connectivity index (χ0n) is 29.8. The molecule has 13 nitrogen and oxygen atoms in total. The summed E-state index contributed by atoms with van der Waals surface area (Å²) in [6.45, 7) is 18.5. The maximum absolute atomic E-state index is 14.0. The number of piperidine rings is 1. The van der Waals surface area contributed by atoms with Crippen LogP contribution in [0.25, 0.3) is 0 Å². The van der Waals surface area contributed by atoms with Crippen LogP contribution < -0.4 is 21.3 Å². The van der Waals surface area contributed by atoms with Gasteiger partial charge in [-0.15, -0.1) is 18.9 Å². The van der Waals surface area contributed by atoms with E-state index in [9.17, 15) is 33.6 Å². The van der Waals surface area contributed by atoms with Crippen LogP contribution in [0, 0.1) is 28.6 Å². The minimum Gasteiger partial charge on any atom is -0.346 e. The van der Waals surface area contributed by atoms with Gasteiger partial charge in [0.2, 0.25) is 29.4 Å². The van der Waals surface area contributed by atoms with E-state index >= 15 is 0 Å². The standard InChI is InChI=1S/C35H54N6O7/c1-11-13-15-22(27(44)30(46)36-17-12-2)37-29(45)23-16-14-18-40(23)31(47)28(34(6,7)8)39-32(48)38-24(33(3,4)5)21-41-25(42)19-35(9,10)20-26(41)43/h1,12,22-24,28H,2,13-21H2,3-10H3,(H,36,46)(H,37,45)(H2,38,39,48)/t22?,23-,24+,28+/m0/s1. The SMILES string of the molecule is C#CCCC(NC(=O)[C@@H]1CCCN1C(=O)[C@@H](NC(=O)N[C@H](CN1C(=O)CC(C)(C)CC1=O)C(C)(C)C)C(C)(C)C)C(=O)C(=O)NCC=C. The van der Waals surface area contributed by atoms with Crippen molar-refractivity contribution in [2.24, 2.45) is 16.2 Å². The normalized spacial score (nSPS) is 19.8. The number of terminal acetylenes is 1. The van der Waals surface area contributed by atoms with Crippen LogP contribution in [0.15, 0.2) is 12.7 Å². The van der Waals surface area contributed by atoms with Crippen LogP contribution >= 0.6 is 0 Å². The molecular weight excluding hydrogens is 616 g/mol. The molecule has 1 unspecified atom stereocenters. The number of Topliss-reactive ketones (excluding diaryl/α,β-unsaturated/α-hetero) is 1. The van der Waals surface area contributed by atoms with Gasteiger partial charge in [0.25, 0.3) is 5.91 Å². The number of hydrogen-bond acceptors (Lipinski definition) is 7. The Morgan fingerprint density at radius 3 is 2.12 bits per heavy atom. The summed E-state index contributed by atoms with van der Waals surface area (Å²) in [7, 11) is 0. The van der Waals surface area contributed by atoms with Crippen LogP contribution in [0.1, 0.15) is 93.9 Å². The summed E-state index contributed by atoms with van der Waals surface area (Å²) < 4.78 is 0. The van der Waals surface area contributed by atoms with Crippen molar-refractivity contribution in [2.45, 2.75) is 118 Å². The second-order valence-electron chi connectivity index (χ2n) is 15.6. The van der Waals surface area contributed by atoms with Gasteiger partial charge in [0.15, 0.2) is 0 Å². The summed E-state index contributed by atoms with van der Waals surface area (Å²) in [5.41, 5.74) is -1.77. The highest BCUT2D eigenvalue weighted by Gasteiger charge is 2.44. The molecule has 2 aliphatic heterocycles. The molecular formula is C35H54N6O7. The molecule has 2 aliphatic rings. The molecule has 4 atom stereocenters. The van der Waals surface area contributed by atoms with Gasteiger partial charge in [0, 0.05) is 38.9 Å². The van der Waals surface area contributed by atoms with Gasteiger partial charge in [0.1, 0.15) is 12.1 Å². The average Bonchev–Trinajstić information content (AvgIpc) is 3.46. The number of nitrogens with zero attached hydrogens (tertiary/aromatic N) is 2. The molecule has 0 aromatic heterocycles. The Balaban J connectivity index is 2.22. The van der Waals surface area contributed by atoms with Crippen molar-refractivity contribution in [3.05, 3.63) is 12.7 Å². The minimum atomic E-state index is -1.18. The molecule has 0 saturated carbocycles. The van der Waals surface area contributed by atoms with Crippen LogP contribution in [0.2, 0.25) is 0 Å². The number of carbonyl (C=O) groups excluding carboxylic acids is 7. The molecule has 13 heteroatoms. The summed E-state index contributed by atoms with van der Waals surface area (Å²) >= 11 is 0. The molecule has 2 saturated heterocycles. The fourth-order valence-electron chi connectivity index (χ4n) is 5.76. The third-order valence-corrected chi connectivity index (χ3v) is 8.65. The van der Waals surface area contributed by atoms with Crippen LogP contribution in [0.5, 0.6) is 0 Å². The van der Waals surface area contributed by atoms with Gasteiger partial charge in [-0.3, -0.25) is 33.7 Å². The van der Waals surface area contributed by atoms with Crippen molar-refractivity contribution in [3.8, 4) is 12.3 Å². The zero-order valence-corrected chi connectivity index (χ0v) is 29.8. The number of hydrogen-bond donors (Lipinski definition) is 4. The van der Waals surface area contributed by atoms with Crippen LogP contribution in [-0.4, -0.2) is 95.0 Å². The first-order valence-electron chi connectivity index (χ1n) is 16.5. The number of nitrogens with one attached hydrogen (secondary N) is 4. The van der Waals surface area contributed by atoms with Crippen molar-refractivity contribution in [3.63, 3.8) is 0 Å². The quantitative estimate of drug-likeness (QED) is 0.100. The maximum atomic E-state index is 14.0. The van der Waals surface area contributed by atoms with Gasteiger partial charge < -0.3 is 26.2 Å². The van der Waals surface area contributed by atoms with E-state index in [1.165, 1.54) is 15.9 Å². The van der Waals surface area contributed by atoms with Crippen molar-refractivity contribution in [1.82, 2.24) is 31.1 Å². The van der Waals surface area contributed by atoms with Crippen molar-refractivity contribution >= 4 is 41.4 Å². The van der Waals surface area contributed by atoms with Crippen LogP contribution in [-0.2, 0) is 28.8 Å². The molecule has 266 valence electrons. The van der Waals surface area contributed by atoms with E-state index in [4.69, 9.17) is 6.42 Å². The highest BCUT2D eigenvalue weighted by Crippen LogP contribution is 2.33. The molecule has 4 N–H and O–H groups in total. The number of amides is 7. The maximum Gasteiger partial charge on any atom is 0.315 e. The van der Waals surface area contributed by atoms with Gasteiger partial charge in [-0.05, 0) is 35.5 Å². The predicted molar refractivity (Wildman–Crippen MR) is 181 cm³/mol. The lowest BCUT2D eigenvalue weighted by atomic mass is 9.80. The summed E-state index contributed by atoms with van der Waals surface area (Å²) in [6, 6.07) is -4.47. The Morgan fingerprint density at radius 1 is 1.00 bits per heavy atom. The second-order valence-corrected chi connectivity index (χ2v) is 15.6. The first-order valence-corrected chi connectivity index (χ1v) is 16.5. The Labute approximate surface area is 284 Å². The third kappa shape index (κ3) is 10.9. The van der Waals surface area contributed by atoms with E-state index in [0.29, 0.717) is 12.8 Å². The van der Waals surface area contributed by atoms with E-state index in [1.807, 2.05) is 34.6 Å². The summed E-state index contributed by atoms with van der Waals surface area (Å²) in [4.78, 5) is 94.5. The van der Waals surface area contributed by atoms with Crippen molar-refractivity contribution in [1.29, 1.82) is 0 Å². The zero-order chi connectivity index (χ0) is 36.6. The lowest BCUT2D eigenvalue weighted by Gasteiger charge is -2.40. The number of urea groups is 1. The first kappa shape index (κ1) is 40.0. The Bertz CT molecular complexity index is 1300. The fraction of sp³-hybridized carbons (Fsp3) is 0.686. The molecule has 0 spiro atoms. The van der Waals surface area contributed by atoms with Crippen LogP contribution in [0.4, 0.5) is 4.79 Å². The van der Waals surface area contributed by atoms with E-state index in [-0.39, 0.29) is 57.1 Å². The van der Waals surface area contributed by atoms with Crippen molar-refractivity contribution in [2.75, 3.05) is 19.6 Å². The van der Waals surface area contributed by atoms with Crippen LogP contribution in [0.3, 0.4) is 0 Å². The molecule has 7 amide bonds. The molecule has 2 heterocycles. The van der Waals surface area contributed by atoms with E-state index in [2.05, 4.69) is 33.8 Å². The van der Waals surface area contributed by atoms with E-state index < -0.39 is 69.9 Å². The van der Waals surface area contributed by atoms with Gasteiger partial charge in [-0.25, -0.2) is 4.79 Å². The molecule has 0 aromatic carbocycles. The average molecular weight is 671 g/mol. The van der Waals surface area contributed by atoms with Gasteiger partial charge in [-0.2, -0.15) is 0 Å². The molecule has 0 aliphatic carbocycles. The lowest BCUT2D eigenvalue weighted by molar-refractivity contribution is -0.153. The predicted octanol–water partition coefficient (Wildman–Crippen LogP) is 2.05. The molecule has 2 fully saturated rings. The summed E-state index contributed by atoms with van der Waals surface area (Å²) in [5, 5.41) is 10.7. The van der Waals surface area contributed by atoms with Crippen molar-refractivity contribution < 1.29 is 33.6 Å². The van der Waals surface area contributed by atoms with E-state index in [0.717, 1.165) is 0 Å². The van der Waals surface area contributed by atoms with Gasteiger partial charge in [-0.1, -0.05) is 61.5 Å². The Morgan fingerprint density at radius 2 is 1.60 bits per heavy atom. The third-order valence-electron chi connectivity index (χ3n) is 8.65. The Kier molecular flexibility index (Phi) is 13.5. The highest BCUT2D eigenvalue weighted by molar-refractivity contribution is 6.38. The number of ketones is 1. The number of rotatable bonds is 13. The van der Waals surface area contributed by atoms with Gasteiger partial charge >= 0.3 is 6.03 Å². The molecule has 48 heavy (non-hydrogen) atoms. The largest absolute Gasteiger partial charge is 0.346 e. The monoisotopic (exact) mass is 670 g/mol. The van der Waals surface area contributed by atoms with Gasteiger partial charge in [0.05, 0.1) is 12.1 Å². The number of carbonyl (C=O) groups is 7.